The van der Waals surface area contributed by atoms with Crippen molar-refractivity contribution in [2.45, 2.75) is 51.1 Å². The standard InChI is InChI=1S/C14H23N3O/c1-11(12-6-9-18-10-12)17-8-7-15-14(17)16-13-4-2-3-5-13/h7-8,11-13H,2-6,9-10H2,1H3,(H,15,16). The fourth-order valence-electron chi connectivity index (χ4n) is 3.17. The number of rotatable bonds is 4. The molecule has 2 fully saturated rings. The van der Waals surface area contributed by atoms with Gasteiger partial charge in [0.2, 0.25) is 5.95 Å². The molecule has 1 N–H and O–H groups in total. The van der Waals surface area contributed by atoms with E-state index in [-0.39, 0.29) is 0 Å². The highest BCUT2D eigenvalue weighted by atomic mass is 16.5. The molecule has 4 nitrogen and oxygen atoms in total. The van der Waals surface area contributed by atoms with Gasteiger partial charge >= 0.3 is 0 Å². The van der Waals surface area contributed by atoms with Gasteiger partial charge in [-0.05, 0) is 26.2 Å². The molecule has 0 amide bonds. The Balaban J connectivity index is 1.69. The number of ether oxygens (including phenoxy) is 1. The van der Waals surface area contributed by atoms with Gasteiger partial charge in [-0.1, -0.05) is 12.8 Å². The van der Waals surface area contributed by atoms with Gasteiger partial charge in [-0.2, -0.15) is 0 Å². The molecule has 1 aliphatic carbocycles. The first-order valence-electron chi connectivity index (χ1n) is 7.21. The summed E-state index contributed by atoms with van der Waals surface area (Å²) in [6.45, 7) is 4.08. The van der Waals surface area contributed by atoms with Crippen LogP contribution in [0.1, 0.15) is 45.1 Å². The summed E-state index contributed by atoms with van der Waals surface area (Å²) >= 11 is 0. The average molecular weight is 249 g/mol. The van der Waals surface area contributed by atoms with Crippen LogP contribution in [0, 0.1) is 5.92 Å². The van der Waals surface area contributed by atoms with Crippen LogP contribution in [0.25, 0.3) is 0 Å². The lowest BCUT2D eigenvalue weighted by molar-refractivity contribution is 0.175. The van der Waals surface area contributed by atoms with E-state index in [9.17, 15) is 0 Å². The lowest BCUT2D eigenvalue weighted by Gasteiger charge is -2.23. The summed E-state index contributed by atoms with van der Waals surface area (Å²) in [7, 11) is 0. The second kappa shape index (κ2) is 5.31. The van der Waals surface area contributed by atoms with Gasteiger partial charge in [0.25, 0.3) is 0 Å². The Labute approximate surface area is 109 Å². The largest absolute Gasteiger partial charge is 0.381 e. The van der Waals surface area contributed by atoms with E-state index in [0.717, 1.165) is 19.2 Å². The molecule has 0 aromatic carbocycles. The number of nitrogens with zero attached hydrogens (tertiary/aromatic N) is 2. The molecule has 2 aliphatic rings. The Kier molecular flexibility index (Phi) is 3.55. The van der Waals surface area contributed by atoms with E-state index in [4.69, 9.17) is 4.74 Å². The first-order chi connectivity index (χ1) is 8.84. The van der Waals surface area contributed by atoms with E-state index < -0.39 is 0 Å². The third kappa shape index (κ3) is 2.39. The molecule has 2 atom stereocenters. The molecule has 18 heavy (non-hydrogen) atoms. The van der Waals surface area contributed by atoms with Crippen molar-refractivity contribution in [3.63, 3.8) is 0 Å². The van der Waals surface area contributed by atoms with Gasteiger partial charge in [0, 0.05) is 37.0 Å². The van der Waals surface area contributed by atoms with Crippen molar-refractivity contribution in [2.24, 2.45) is 5.92 Å². The topological polar surface area (TPSA) is 39.1 Å². The second-order valence-electron chi connectivity index (χ2n) is 5.65. The quantitative estimate of drug-likeness (QED) is 0.892. The summed E-state index contributed by atoms with van der Waals surface area (Å²) in [6.07, 6.45) is 10.4. The van der Waals surface area contributed by atoms with E-state index in [1.165, 1.54) is 32.1 Å². The fraction of sp³-hybridized carbons (Fsp3) is 0.786. The van der Waals surface area contributed by atoms with Crippen molar-refractivity contribution in [2.75, 3.05) is 18.5 Å². The van der Waals surface area contributed by atoms with Crippen LogP contribution in [0.15, 0.2) is 12.4 Å². The molecule has 1 saturated carbocycles. The zero-order valence-electron chi connectivity index (χ0n) is 11.1. The number of hydrogen-bond donors (Lipinski definition) is 1. The highest BCUT2D eigenvalue weighted by Gasteiger charge is 2.25. The Bertz CT molecular complexity index is 378. The van der Waals surface area contributed by atoms with E-state index in [0.29, 0.717) is 18.0 Å². The maximum Gasteiger partial charge on any atom is 0.203 e. The Morgan fingerprint density at radius 2 is 2.22 bits per heavy atom. The van der Waals surface area contributed by atoms with Crippen LogP contribution in [-0.4, -0.2) is 28.8 Å². The second-order valence-corrected chi connectivity index (χ2v) is 5.65. The molecule has 1 aromatic heterocycles. The maximum atomic E-state index is 5.50. The molecular formula is C14H23N3O. The SMILES string of the molecule is CC(C1CCOC1)n1ccnc1NC1CCCC1. The predicted molar refractivity (Wildman–Crippen MR) is 71.7 cm³/mol. The first-order valence-corrected chi connectivity index (χ1v) is 7.21. The van der Waals surface area contributed by atoms with Gasteiger partial charge in [-0.15, -0.1) is 0 Å². The number of aromatic nitrogens is 2. The molecule has 100 valence electrons. The smallest absolute Gasteiger partial charge is 0.203 e. The van der Waals surface area contributed by atoms with Crippen LogP contribution < -0.4 is 5.32 Å². The van der Waals surface area contributed by atoms with Crippen molar-refractivity contribution >= 4 is 5.95 Å². The van der Waals surface area contributed by atoms with Gasteiger partial charge < -0.3 is 14.6 Å². The first kappa shape index (κ1) is 12.0. The minimum absolute atomic E-state index is 0.471. The summed E-state index contributed by atoms with van der Waals surface area (Å²) in [4.78, 5) is 4.48. The summed E-state index contributed by atoms with van der Waals surface area (Å²) < 4.78 is 7.78. The number of nitrogens with one attached hydrogen (secondary N) is 1. The highest BCUT2D eigenvalue weighted by Crippen LogP contribution is 2.29. The molecule has 2 heterocycles. The van der Waals surface area contributed by atoms with Gasteiger partial charge in [0.1, 0.15) is 0 Å². The maximum absolute atomic E-state index is 5.50. The fourth-order valence-corrected chi connectivity index (χ4v) is 3.17. The van der Waals surface area contributed by atoms with E-state index in [1.807, 2.05) is 6.20 Å². The third-order valence-electron chi connectivity index (χ3n) is 4.44. The molecule has 1 aliphatic heterocycles. The zero-order chi connectivity index (χ0) is 12.4. The van der Waals surface area contributed by atoms with Crippen LogP contribution in [0.2, 0.25) is 0 Å². The lowest BCUT2D eigenvalue weighted by Crippen LogP contribution is -2.22. The molecule has 0 spiro atoms. The summed E-state index contributed by atoms with van der Waals surface area (Å²) in [5.41, 5.74) is 0. The van der Waals surface area contributed by atoms with Crippen molar-refractivity contribution in [3.05, 3.63) is 12.4 Å². The molecular weight excluding hydrogens is 226 g/mol. The van der Waals surface area contributed by atoms with Crippen LogP contribution in [0.3, 0.4) is 0 Å². The monoisotopic (exact) mass is 249 g/mol. The Hall–Kier alpha value is -1.03. The van der Waals surface area contributed by atoms with Gasteiger partial charge in [0.05, 0.1) is 6.61 Å². The minimum Gasteiger partial charge on any atom is -0.381 e. The van der Waals surface area contributed by atoms with E-state index in [1.54, 1.807) is 0 Å². The normalized spacial score (nSPS) is 26.6. The number of anilines is 1. The summed E-state index contributed by atoms with van der Waals surface area (Å²) in [5.74, 6) is 1.67. The van der Waals surface area contributed by atoms with Gasteiger partial charge in [-0.25, -0.2) is 4.98 Å². The molecule has 0 radical (unpaired) electrons. The van der Waals surface area contributed by atoms with E-state index in [2.05, 4.69) is 28.0 Å². The minimum atomic E-state index is 0.471. The van der Waals surface area contributed by atoms with Crippen molar-refractivity contribution in [1.82, 2.24) is 9.55 Å². The average Bonchev–Trinajstić information content (AvgIpc) is 3.12. The van der Waals surface area contributed by atoms with Gasteiger partial charge in [-0.3, -0.25) is 0 Å². The molecule has 4 heteroatoms. The number of hydrogen-bond acceptors (Lipinski definition) is 3. The van der Waals surface area contributed by atoms with Crippen LogP contribution >= 0.6 is 0 Å². The molecule has 1 saturated heterocycles. The lowest BCUT2D eigenvalue weighted by atomic mass is 10.0. The van der Waals surface area contributed by atoms with Crippen molar-refractivity contribution < 1.29 is 4.74 Å². The Morgan fingerprint density at radius 3 is 2.94 bits per heavy atom. The molecule has 3 rings (SSSR count). The van der Waals surface area contributed by atoms with E-state index >= 15 is 0 Å². The number of imidazole rings is 1. The predicted octanol–water partition coefficient (Wildman–Crippen LogP) is 2.84. The highest BCUT2D eigenvalue weighted by molar-refractivity contribution is 5.29. The van der Waals surface area contributed by atoms with Crippen molar-refractivity contribution in [1.29, 1.82) is 0 Å². The molecule has 0 bridgehead atoms. The van der Waals surface area contributed by atoms with Crippen LogP contribution in [0.4, 0.5) is 5.95 Å². The van der Waals surface area contributed by atoms with Crippen LogP contribution in [0.5, 0.6) is 0 Å². The zero-order valence-corrected chi connectivity index (χ0v) is 11.1. The third-order valence-corrected chi connectivity index (χ3v) is 4.44. The van der Waals surface area contributed by atoms with Gasteiger partial charge in [0.15, 0.2) is 0 Å². The summed E-state index contributed by atoms with van der Waals surface area (Å²) in [5, 5.41) is 3.60. The van der Waals surface area contributed by atoms with Crippen molar-refractivity contribution in [3.8, 4) is 0 Å². The Morgan fingerprint density at radius 1 is 1.39 bits per heavy atom. The van der Waals surface area contributed by atoms with Crippen LogP contribution in [-0.2, 0) is 4.74 Å². The summed E-state index contributed by atoms with van der Waals surface area (Å²) in [6, 6.07) is 1.09. The molecule has 1 aromatic rings. The molecule has 2 unspecified atom stereocenters.